The van der Waals surface area contributed by atoms with Crippen molar-refractivity contribution in [2.45, 2.75) is 30.8 Å². The topological polar surface area (TPSA) is 182 Å². The van der Waals surface area contributed by atoms with Crippen molar-refractivity contribution in [2.75, 3.05) is 13.1 Å². The highest BCUT2D eigenvalue weighted by atomic mass is 16.5. The average Bonchev–Trinajstić information content (AvgIpc) is 3.09. The van der Waals surface area contributed by atoms with Crippen LogP contribution in [0.3, 0.4) is 0 Å². The molecule has 1 aromatic carbocycles. The first-order valence-corrected chi connectivity index (χ1v) is 9.85. The molecule has 0 radical (unpaired) electrons. The van der Waals surface area contributed by atoms with Crippen molar-refractivity contribution in [3.8, 4) is 11.5 Å². The first-order valence-electron chi connectivity index (χ1n) is 9.85. The maximum absolute atomic E-state index is 12.4. The monoisotopic (exact) mass is 430 g/mol. The number of carbonyl (C=O) groups is 2. The maximum atomic E-state index is 12.4. The molecule has 0 bridgehead atoms. The Morgan fingerprint density at radius 3 is 2.61 bits per heavy atom. The third-order valence-corrected chi connectivity index (χ3v) is 6.11. The number of imidazole rings is 1. The third-order valence-electron chi connectivity index (χ3n) is 6.11. The smallest absolute Gasteiger partial charge is 0.455 e. The molecule has 1 saturated carbocycles. The fraction of sp³-hybridized carbons (Fsp3) is 0.421. The summed E-state index contributed by atoms with van der Waals surface area (Å²) in [5.74, 6) is -3.06. The molecule has 1 aromatic heterocycles. The summed E-state index contributed by atoms with van der Waals surface area (Å²) in [6.45, 7) is 2.24. The van der Waals surface area contributed by atoms with Gasteiger partial charge in [0.2, 0.25) is 5.91 Å². The van der Waals surface area contributed by atoms with Crippen molar-refractivity contribution in [3.63, 3.8) is 0 Å². The number of likely N-dealkylation sites (tertiary alicyclic amines) is 1. The van der Waals surface area contributed by atoms with Gasteiger partial charge < -0.3 is 40.6 Å². The number of aromatic hydroxyl groups is 1. The van der Waals surface area contributed by atoms with E-state index in [2.05, 4.69) is 9.97 Å². The van der Waals surface area contributed by atoms with Gasteiger partial charge in [0.1, 0.15) is 29.2 Å². The number of H-pyrrole nitrogens is 1. The molecule has 11 nitrogen and oxygen atoms in total. The van der Waals surface area contributed by atoms with Crippen LogP contribution in [0, 0.1) is 5.92 Å². The second-order valence-corrected chi connectivity index (χ2v) is 8.03. The highest BCUT2D eigenvalue weighted by molar-refractivity contribution is 6.45. The van der Waals surface area contributed by atoms with Crippen molar-refractivity contribution in [1.29, 1.82) is 0 Å². The summed E-state index contributed by atoms with van der Waals surface area (Å²) in [4.78, 5) is 32.3. The molecule has 2 aromatic rings. The first-order chi connectivity index (χ1) is 14.7. The Morgan fingerprint density at radius 2 is 2.06 bits per heavy atom. The van der Waals surface area contributed by atoms with Gasteiger partial charge in [-0.25, -0.2) is 9.78 Å². The molecule has 7 N–H and O–H groups in total. The number of phenols is 1. The highest BCUT2D eigenvalue weighted by Gasteiger charge is 2.55. The van der Waals surface area contributed by atoms with Gasteiger partial charge in [-0.05, 0) is 23.5 Å². The number of carbonyl (C=O) groups excluding carboxylic acids is 1. The Labute approximate surface area is 177 Å². The molecule has 164 valence electrons. The van der Waals surface area contributed by atoms with Crippen molar-refractivity contribution in [2.24, 2.45) is 11.7 Å². The van der Waals surface area contributed by atoms with E-state index in [1.165, 1.54) is 29.6 Å². The molecular weight excluding hydrogens is 407 g/mol. The second-order valence-electron chi connectivity index (χ2n) is 8.03. The van der Waals surface area contributed by atoms with E-state index in [-0.39, 0.29) is 42.1 Å². The lowest BCUT2D eigenvalue weighted by atomic mass is 9.80. The van der Waals surface area contributed by atoms with Gasteiger partial charge in [-0.1, -0.05) is 13.0 Å². The number of nitrogens with two attached hydrogens (primary N) is 1. The van der Waals surface area contributed by atoms with Gasteiger partial charge >= 0.3 is 13.1 Å². The molecule has 2 aliphatic rings. The van der Waals surface area contributed by atoms with Gasteiger partial charge in [0.15, 0.2) is 0 Å². The Kier molecular flexibility index (Phi) is 5.37. The number of carboxylic acids is 1. The van der Waals surface area contributed by atoms with E-state index >= 15 is 0 Å². The fourth-order valence-corrected chi connectivity index (χ4v) is 4.24. The molecule has 1 aliphatic carbocycles. The van der Waals surface area contributed by atoms with E-state index < -0.39 is 36.8 Å². The van der Waals surface area contributed by atoms with E-state index in [1.807, 2.05) is 0 Å². The number of rotatable bonds is 7. The molecular formula is C19H23BN4O7. The summed E-state index contributed by atoms with van der Waals surface area (Å²) >= 11 is 0. The number of benzene rings is 1. The van der Waals surface area contributed by atoms with Gasteiger partial charge in [0.25, 0.3) is 0 Å². The minimum atomic E-state index is -1.55. The minimum absolute atomic E-state index is 0.0156. The van der Waals surface area contributed by atoms with Crippen LogP contribution in [0.15, 0.2) is 24.7 Å². The SMILES string of the molecule is C[C@@H]1C(B(O)O)C1c1ccc(OC2CN(C(=O)[C@H](N)c3cnc[nH]3)C2)c(C(=O)O)c1O. The number of nitrogens with one attached hydrogen (secondary N) is 1. The number of ether oxygens (including phenoxy) is 1. The molecule has 4 atom stereocenters. The number of aromatic carboxylic acids is 1. The van der Waals surface area contributed by atoms with Crippen molar-refractivity contribution < 1.29 is 34.6 Å². The largest absolute Gasteiger partial charge is 0.507 e. The van der Waals surface area contributed by atoms with E-state index in [0.29, 0.717) is 11.3 Å². The van der Waals surface area contributed by atoms with E-state index in [0.717, 1.165) is 0 Å². The summed E-state index contributed by atoms with van der Waals surface area (Å²) in [6.07, 6.45) is 2.45. The molecule has 1 saturated heterocycles. The molecule has 31 heavy (non-hydrogen) atoms. The Balaban J connectivity index is 1.44. The predicted molar refractivity (Wildman–Crippen MR) is 107 cm³/mol. The van der Waals surface area contributed by atoms with Crippen LogP contribution in [-0.4, -0.2) is 73.3 Å². The van der Waals surface area contributed by atoms with Crippen LogP contribution in [0.25, 0.3) is 0 Å². The Hall–Kier alpha value is -3.09. The van der Waals surface area contributed by atoms with Crippen LogP contribution in [0.2, 0.25) is 5.82 Å². The van der Waals surface area contributed by atoms with Gasteiger partial charge in [-0.15, -0.1) is 0 Å². The fourth-order valence-electron chi connectivity index (χ4n) is 4.24. The Morgan fingerprint density at radius 1 is 1.35 bits per heavy atom. The number of hydrogen-bond acceptors (Lipinski definition) is 8. The van der Waals surface area contributed by atoms with Crippen LogP contribution in [0.4, 0.5) is 0 Å². The van der Waals surface area contributed by atoms with E-state index in [4.69, 9.17) is 10.5 Å². The molecule has 0 spiro atoms. The van der Waals surface area contributed by atoms with Crippen molar-refractivity contribution >= 4 is 19.0 Å². The van der Waals surface area contributed by atoms with E-state index in [1.54, 1.807) is 6.92 Å². The van der Waals surface area contributed by atoms with Gasteiger partial charge in [-0.3, -0.25) is 4.79 Å². The predicted octanol–water partition coefficient (Wildman–Crippen LogP) is -0.321. The summed E-state index contributed by atoms with van der Waals surface area (Å²) in [5.41, 5.74) is 6.36. The maximum Gasteiger partial charge on any atom is 0.455 e. The van der Waals surface area contributed by atoms with Crippen LogP contribution in [0.5, 0.6) is 11.5 Å². The van der Waals surface area contributed by atoms with Crippen molar-refractivity contribution in [1.82, 2.24) is 14.9 Å². The van der Waals surface area contributed by atoms with Crippen molar-refractivity contribution in [3.05, 3.63) is 41.5 Å². The molecule has 2 unspecified atom stereocenters. The normalized spacial score (nSPS) is 23.7. The van der Waals surface area contributed by atoms with Gasteiger partial charge in [-0.2, -0.15) is 0 Å². The second kappa shape index (κ2) is 7.87. The third kappa shape index (κ3) is 3.73. The van der Waals surface area contributed by atoms with Crippen LogP contribution < -0.4 is 10.5 Å². The molecule has 1 aliphatic heterocycles. The number of hydrogen-bond donors (Lipinski definition) is 6. The lowest BCUT2D eigenvalue weighted by molar-refractivity contribution is -0.141. The summed E-state index contributed by atoms with van der Waals surface area (Å²) in [5, 5.41) is 39.0. The number of aromatic amines is 1. The average molecular weight is 430 g/mol. The Bertz CT molecular complexity index is 993. The summed E-state index contributed by atoms with van der Waals surface area (Å²) in [6, 6.07) is 2.11. The van der Waals surface area contributed by atoms with Crippen LogP contribution >= 0.6 is 0 Å². The summed E-state index contributed by atoms with van der Waals surface area (Å²) < 4.78 is 5.74. The highest BCUT2D eigenvalue weighted by Crippen LogP contribution is 2.61. The molecule has 4 rings (SSSR count). The van der Waals surface area contributed by atoms with E-state index in [9.17, 15) is 29.9 Å². The molecule has 2 heterocycles. The zero-order valence-corrected chi connectivity index (χ0v) is 16.7. The molecule has 1 amide bonds. The number of aromatic nitrogens is 2. The quantitative estimate of drug-likeness (QED) is 0.321. The zero-order chi connectivity index (χ0) is 22.4. The van der Waals surface area contributed by atoms with Crippen LogP contribution in [0.1, 0.15) is 40.5 Å². The number of carboxylic acid groups (broad SMARTS) is 1. The number of amides is 1. The van der Waals surface area contributed by atoms with Crippen LogP contribution in [-0.2, 0) is 4.79 Å². The number of nitrogens with zero attached hydrogens (tertiary/aromatic N) is 2. The summed E-state index contributed by atoms with van der Waals surface area (Å²) in [7, 11) is -1.55. The first kappa shape index (κ1) is 21.2. The lowest BCUT2D eigenvalue weighted by Gasteiger charge is -2.40. The molecule has 2 fully saturated rings. The lowest BCUT2D eigenvalue weighted by Crippen LogP contribution is -2.58. The minimum Gasteiger partial charge on any atom is -0.507 e. The molecule has 12 heteroatoms. The van der Waals surface area contributed by atoms with Gasteiger partial charge in [0, 0.05) is 5.82 Å². The van der Waals surface area contributed by atoms with Gasteiger partial charge in [0.05, 0.1) is 31.3 Å². The zero-order valence-electron chi connectivity index (χ0n) is 16.7. The standard InChI is InChI=1S/C19H23BN4O7/c1-8-13(15(8)20(29)30)10-2-3-12(14(17(10)25)19(27)28)31-9-5-24(6-9)18(26)16(21)11-4-22-7-23-11/h2-4,7-9,13,15-16,25,29-30H,5-6,21H2,1H3,(H,22,23)(H,27,28)/t8-,13?,15?,16+/m0/s1.